The molecule has 2 nitrogen and oxygen atoms in total. The lowest BCUT2D eigenvalue weighted by molar-refractivity contribution is 0.305. The van der Waals surface area contributed by atoms with Crippen molar-refractivity contribution in [3.63, 3.8) is 0 Å². The van der Waals surface area contributed by atoms with Gasteiger partial charge in [0.05, 0.1) is 6.61 Å². The predicted octanol–water partition coefficient (Wildman–Crippen LogP) is 4.97. The van der Waals surface area contributed by atoms with E-state index < -0.39 is 0 Å². The van der Waals surface area contributed by atoms with Crippen molar-refractivity contribution in [3.8, 4) is 5.75 Å². The van der Waals surface area contributed by atoms with E-state index in [4.69, 9.17) is 4.74 Å². The zero-order valence-electron chi connectivity index (χ0n) is 11.8. The van der Waals surface area contributed by atoms with E-state index in [1.807, 2.05) is 24.5 Å². The van der Waals surface area contributed by atoms with Gasteiger partial charge < -0.3 is 4.74 Å². The SMILES string of the molecule is CCCCCCCCOc1ccc2ccncc2c1. The summed E-state index contributed by atoms with van der Waals surface area (Å²) in [6, 6.07) is 8.22. The second kappa shape index (κ2) is 7.78. The van der Waals surface area contributed by atoms with Crippen LogP contribution in [0.5, 0.6) is 5.75 Å². The van der Waals surface area contributed by atoms with Crippen LogP contribution in [-0.4, -0.2) is 11.6 Å². The Morgan fingerprint density at radius 3 is 2.68 bits per heavy atom. The summed E-state index contributed by atoms with van der Waals surface area (Å²) < 4.78 is 5.79. The van der Waals surface area contributed by atoms with E-state index >= 15 is 0 Å². The molecule has 0 aliphatic rings. The normalized spacial score (nSPS) is 10.8. The molecule has 0 saturated carbocycles. The highest BCUT2D eigenvalue weighted by molar-refractivity contribution is 5.82. The Kier molecular flexibility index (Phi) is 5.67. The second-order valence-corrected chi connectivity index (χ2v) is 5.00. The number of aromatic nitrogens is 1. The Balaban J connectivity index is 1.72. The standard InChI is InChI=1S/C17H23NO/c1-2-3-4-5-6-7-12-19-17-9-8-15-10-11-18-14-16(15)13-17/h8-11,13-14H,2-7,12H2,1H3. The topological polar surface area (TPSA) is 22.1 Å². The average Bonchev–Trinajstić information content (AvgIpc) is 2.46. The van der Waals surface area contributed by atoms with Crippen molar-refractivity contribution in [2.24, 2.45) is 0 Å². The Bertz CT molecular complexity index is 495. The highest BCUT2D eigenvalue weighted by Gasteiger charge is 1.97. The molecule has 1 aromatic heterocycles. The third kappa shape index (κ3) is 4.55. The zero-order valence-corrected chi connectivity index (χ0v) is 11.8. The Labute approximate surface area is 115 Å². The fourth-order valence-electron chi connectivity index (χ4n) is 2.23. The molecule has 0 aliphatic heterocycles. The number of fused-ring (bicyclic) bond motifs is 1. The van der Waals surface area contributed by atoms with Crippen LogP contribution in [-0.2, 0) is 0 Å². The van der Waals surface area contributed by atoms with Gasteiger partial charge in [0, 0.05) is 17.8 Å². The van der Waals surface area contributed by atoms with Crippen LogP contribution in [0.15, 0.2) is 36.7 Å². The predicted molar refractivity (Wildman–Crippen MR) is 80.6 cm³/mol. The molecule has 0 amide bonds. The summed E-state index contributed by atoms with van der Waals surface area (Å²) in [7, 11) is 0. The van der Waals surface area contributed by atoms with E-state index in [1.54, 1.807) is 0 Å². The van der Waals surface area contributed by atoms with E-state index in [-0.39, 0.29) is 0 Å². The highest BCUT2D eigenvalue weighted by atomic mass is 16.5. The summed E-state index contributed by atoms with van der Waals surface area (Å²) in [6.45, 7) is 3.07. The molecular weight excluding hydrogens is 234 g/mol. The van der Waals surface area contributed by atoms with Crippen LogP contribution in [0.3, 0.4) is 0 Å². The molecule has 1 heterocycles. The molecule has 0 aliphatic carbocycles. The van der Waals surface area contributed by atoms with E-state index in [2.05, 4.69) is 24.0 Å². The van der Waals surface area contributed by atoms with Crippen LogP contribution >= 0.6 is 0 Å². The number of benzene rings is 1. The maximum Gasteiger partial charge on any atom is 0.119 e. The summed E-state index contributed by atoms with van der Waals surface area (Å²) in [5.41, 5.74) is 0. The molecule has 19 heavy (non-hydrogen) atoms. The number of rotatable bonds is 8. The molecule has 102 valence electrons. The molecule has 0 bridgehead atoms. The molecular formula is C17H23NO. The molecule has 2 rings (SSSR count). The van der Waals surface area contributed by atoms with Crippen LogP contribution in [0.1, 0.15) is 45.4 Å². The summed E-state index contributed by atoms with van der Waals surface area (Å²) in [5.74, 6) is 0.953. The first-order valence-electron chi connectivity index (χ1n) is 7.37. The van der Waals surface area contributed by atoms with Gasteiger partial charge in [-0.1, -0.05) is 45.1 Å². The average molecular weight is 257 g/mol. The van der Waals surface area contributed by atoms with Gasteiger partial charge in [-0.2, -0.15) is 0 Å². The molecule has 2 heteroatoms. The van der Waals surface area contributed by atoms with Gasteiger partial charge in [-0.3, -0.25) is 4.98 Å². The Morgan fingerprint density at radius 1 is 0.947 bits per heavy atom. The third-order valence-corrected chi connectivity index (χ3v) is 3.38. The van der Waals surface area contributed by atoms with Crippen molar-refractivity contribution in [3.05, 3.63) is 36.7 Å². The molecule has 2 aromatic rings. The molecule has 0 unspecified atom stereocenters. The number of unbranched alkanes of at least 4 members (excludes halogenated alkanes) is 5. The molecule has 1 aromatic carbocycles. The van der Waals surface area contributed by atoms with E-state index in [0.717, 1.165) is 24.2 Å². The minimum Gasteiger partial charge on any atom is -0.494 e. The first kappa shape index (κ1) is 13.9. The van der Waals surface area contributed by atoms with Gasteiger partial charge in [0.15, 0.2) is 0 Å². The first-order valence-corrected chi connectivity index (χ1v) is 7.37. The van der Waals surface area contributed by atoms with Crippen molar-refractivity contribution in [2.75, 3.05) is 6.61 Å². The lowest BCUT2D eigenvalue weighted by Gasteiger charge is -2.07. The van der Waals surface area contributed by atoms with Gasteiger partial charge in [0.25, 0.3) is 0 Å². The van der Waals surface area contributed by atoms with Crippen LogP contribution < -0.4 is 4.74 Å². The summed E-state index contributed by atoms with van der Waals surface area (Å²) in [4.78, 5) is 4.14. The number of ether oxygens (including phenoxy) is 1. The van der Waals surface area contributed by atoms with Crippen molar-refractivity contribution >= 4 is 10.8 Å². The van der Waals surface area contributed by atoms with Crippen molar-refractivity contribution in [1.29, 1.82) is 0 Å². The fraction of sp³-hybridized carbons (Fsp3) is 0.471. The minimum atomic E-state index is 0.817. The minimum absolute atomic E-state index is 0.817. The maximum absolute atomic E-state index is 5.79. The second-order valence-electron chi connectivity index (χ2n) is 5.00. The lowest BCUT2D eigenvalue weighted by Crippen LogP contribution is -1.97. The van der Waals surface area contributed by atoms with Gasteiger partial charge in [-0.15, -0.1) is 0 Å². The maximum atomic E-state index is 5.79. The van der Waals surface area contributed by atoms with Crippen molar-refractivity contribution in [1.82, 2.24) is 4.98 Å². The van der Waals surface area contributed by atoms with Crippen molar-refractivity contribution in [2.45, 2.75) is 45.4 Å². The van der Waals surface area contributed by atoms with Gasteiger partial charge in [-0.25, -0.2) is 0 Å². The molecule has 0 radical (unpaired) electrons. The molecule has 0 atom stereocenters. The van der Waals surface area contributed by atoms with Gasteiger partial charge in [0.1, 0.15) is 5.75 Å². The number of pyridine rings is 1. The number of hydrogen-bond acceptors (Lipinski definition) is 2. The molecule has 0 N–H and O–H groups in total. The highest BCUT2D eigenvalue weighted by Crippen LogP contribution is 2.20. The largest absolute Gasteiger partial charge is 0.494 e. The van der Waals surface area contributed by atoms with E-state index in [9.17, 15) is 0 Å². The fourth-order valence-corrected chi connectivity index (χ4v) is 2.23. The van der Waals surface area contributed by atoms with Crippen LogP contribution in [0.2, 0.25) is 0 Å². The van der Waals surface area contributed by atoms with E-state index in [0.29, 0.717) is 0 Å². The number of nitrogens with zero attached hydrogens (tertiary/aromatic N) is 1. The van der Waals surface area contributed by atoms with Gasteiger partial charge in [-0.05, 0) is 30.0 Å². The zero-order chi connectivity index (χ0) is 13.3. The summed E-state index contributed by atoms with van der Waals surface area (Å²) >= 11 is 0. The van der Waals surface area contributed by atoms with Crippen LogP contribution in [0.25, 0.3) is 10.8 Å². The lowest BCUT2D eigenvalue weighted by atomic mass is 10.1. The van der Waals surface area contributed by atoms with Crippen molar-refractivity contribution < 1.29 is 4.74 Å². The quantitative estimate of drug-likeness (QED) is 0.623. The third-order valence-electron chi connectivity index (χ3n) is 3.38. The monoisotopic (exact) mass is 257 g/mol. The Hall–Kier alpha value is -1.57. The smallest absolute Gasteiger partial charge is 0.119 e. The molecule has 0 fully saturated rings. The van der Waals surface area contributed by atoms with Crippen LogP contribution in [0, 0.1) is 0 Å². The number of hydrogen-bond donors (Lipinski definition) is 0. The molecule has 0 spiro atoms. The van der Waals surface area contributed by atoms with Crippen LogP contribution in [0.4, 0.5) is 0 Å². The summed E-state index contributed by atoms with van der Waals surface area (Å²) in [6.07, 6.45) is 11.5. The first-order chi connectivity index (χ1) is 9.40. The summed E-state index contributed by atoms with van der Waals surface area (Å²) in [5, 5.41) is 2.35. The van der Waals surface area contributed by atoms with Gasteiger partial charge >= 0.3 is 0 Å². The Morgan fingerprint density at radius 2 is 1.79 bits per heavy atom. The van der Waals surface area contributed by atoms with Gasteiger partial charge in [0.2, 0.25) is 0 Å². The molecule has 0 saturated heterocycles. The van der Waals surface area contributed by atoms with E-state index in [1.165, 1.54) is 37.5 Å².